The van der Waals surface area contributed by atoms with Crippen LogP contribution in [0.1, 0.15) is 94.0 Å². The number of nitrogens with one attached hydrogen (secondary N) is 1. The first-order valence-corrected chi connectivity index (χ1v) is 11.0. The number of amides is 1. The van der Waals surface area contributed by atoms with Crippen molar-refractivity contribution in [3.63, 3.8) is 0 Å². The molecule has 1 unspecified atom stereocenters. The zero-order valence-corrected chi connectivity index (χ0v) is 18.3. The van der Waals surface area contributed by atoms with E-state index in [1.807, 2.05) is 0 Å². The van der Waals surface area contributed by atoms with Crippen LogP contribution in [-0.2, 0) is 15.7 Å². The van der Waals surface area contributed by atoms with E-state index in [1.54, 1.807) is 0 Å². The lowest BCUT2D eigenvalue weighted by molar-refractivity contribution is -0.145. The van der Waals surface area contributed by atoms with Crippen molar-refractivity contribution in [2.75, 3.05) is 6.61 Å². The fraction of sp³-hybridized carbons (Fsp3) is 0.652. The summed E-state index contributed by atoms with van der Waals surface area (Å²) in [6.45, 7) is 3.64. The van der Waals surface area contributed by atoms with E-state index in [-0.39, 0.29) is 6.61 Å². The zero-order valence-electron chi connectivity index (χ0n) is 18.3. The summed E-state index contributed by atoms with van der Waals surface area (Å²) in [5.41, 5.74) is -2.53. The molecule has 176 valence electrons. The average molecular weight is 448 g/mol. The highest BCUT2D eigenvalue weighted by Crippen LogP contribution is 2.33. The number of hydrogen-bond acceptors (Lipinski definition) is 3. The van der Waals surface area contributed by atoms with Crippen molar-refractivity contribution in [3.05, 3.63) is 35.1 Å². The average Bonchev–Trinajstić information content (AvgIpc) is 2.70. The molecule has 0 aliphatic heterocycles. The van der Waals surface area contributed by atoms with Crippen molar-refractivity contribution in [2.24, 2.45) is 0 Å². The molecule has 0 aromatic heterocycles. The SMILES string of the molecule is CCCCCCCCCCCCOC(=O)C(C)NC(=O)c1c(F)cccc1C(F)(F)F. The lowest BCUT2D eigenvalue weighted by atomic mass is 10.1. The van der Waals surface area contributed by atoms with Gasteiger partial charge < -0.3 is 10.1 Å². The minimum atomic E-state index is -4.89. The van der Waals surface area contributed by atoms with Crippen LogP contribution in [0.4, 0.5) is 17.6 Å². The molecule has 0 saturated carbocycles. The van der Waals surface area contributed by atoms with Crippen LogP contribution >= 0.6 is 0 Å². The van der Waals surface area contributed by atoms with Crippen LogP contribution < -0.4 is 5.32 Å². The molecule has 0 heterocycles. The van der Waals surface area contributed by atoms with Crippen LogP contribution in [-0.4, -0.2) is 24.5 Å². The van der Waals surface area contributed by atoms with E-state index in [0.29, 0.717) is 12.5 Å². The van der Waals surface area contributed by atoms with E-state index in [9.17, 15) is 27.2 Å². The minimum Gasteiger partial charge on any atom is -0.464 e. The number of esters is 1. The predicted molar refractivity (Wildman–Crippen MR) is 111 cm³/mol. The van der Waals surface area contributed by atoms with Gasteiger partial charge in [-0.1, -0.05) is 70.8 Å². The predicted octanol–water partition coefficient (Wildman–Crippen LogP) is 6.43. The van der Waals surface area contributed by atoms with Gasteiger partial charge in [-0.2, -0.15) is 13.2 Å². The van der Waals surface area contributed by atoms with E-state index < -0.39 is 41.0 Å². The van der Waals surface area contributed by atoms with E-state index in [2.05, 4.69) is 12.2 Å². The monoisotopic (exact) mass is 447 g/mol. The van der Waals surface area contributed by atoms with Crippen molar-refractivity contribution < 1.29 is 31.9 Å². The summed E-state index contributed by atoms with van der Waals surface area (Å²) in [6.07, 6.45) is 6.39. The molecule has 0 fully saturated rings. The van der Waals surface area contributed by atoms with Crippen LogP contribution in [0.25, 0.3) is 0 Å². The van der Waals surface area contributed by atoms with Crippen molar-refractivity contribution in [3.8, 4) is 0 Å². The Balaban J connectivity index is 2.32. The Bertz CT molecular complexity index is 692. The van der Waals surface area contributed by atoms with Crippen LogP contribution in [0, 0.1) is 5.82 Å². The molecule has 8 heteroatoms. The molecule has 31 heavy (non-hydrogen) atoms. The highest BCUT2D eigenvalue weighted by molar-refractivity contribution is 5.98. The van der Waals surface area contributed by atoms with Gasteiger partial charge in [0, 0.05) is 0 Å². The Morgan fingerprint density at radius 1 is 0.968 bits per heavy atom. The normalized spacial score (nSPS) is 12.5. The number of carbonyl (C=O) groups is 2. The van der Waals surface area contributed by atoms with Gasteiger partial charge in [0.2, 0.25) is 0 Å². The number of carbonyl (C=O) groups excluding carboxylic acids is 2. The van der Waals surface area contributed by atoms with Gasteiger partial charge in [-0.05, 0) is 25.5 Å². The summed E-state index contributed by atoms with van der Waals surface area (Å²) < 4.78 is 58.0. The smallest absolute Gasteiger partial charge is 0.417 e. The molecule has 1 aromatic carbocycles. The molecule has 0 aliphatic rings. The summed E-state index contributed by atoms with van der Waals surface area (Å²) in [7, 11) is 0. The molecule has 0 aliphatic carbocycles. The second-order valence-corrected chi connectivity index (χ2v) is 7.70. The molecule has 0 bridgehead atoms. The third kappa shape index (κ3) is 10.2. The number of hydrogen-bond donors (Lipinski definition) is 1. The summed E-state index contributed by atoms with van der Waals surface area (Å²) >= 11 is 0. The molecule has 1 amide bonds. The number of unbranched alkanes of at least 4 members (excludes halogenated alkanes) is 9. The van der Waals surface area contributed by atoms with Gasteiger partial charge in [-0.3, -0.25) is 4.79 Å². The van der Waals surface area contributed by atoms with E-state index >= 15 is 0 Å². The van der Waals surface area contributed by atoms with Crippen LogP contribution in [0.2, 0.25) is 0 Å². The Labute approximate surface area is 181 Å². The quantitative estimate of drug-likeness (QED) is 0.203. The first kappa shape index (κ1) is 26.9. The Hall–Kier alpha value is -2.12. The standard InChI is InChI=1S/C23H33F4NO3/c1-3-4-5-6-7-8-9-10-11-12-16-31-22(30)17(2)28-21(29)20-18(23(25,26)27)14-13-15-19(20)24/h13-15,17H,3-12,16H2,1-2H3,(H,28,29). The second kappa shape index (κ2) is 14.0. The van der Waals surface area contributed by atoms with Crippen LogP contribution in [0.15, 0.2) is 18.2 Å². The Morgan fingerprint density at radius 2 is 1.52 bits per heavy atom. The molecule has 0 saturated heterocycles. The largest absolute Gasteiger partial charge is 0.464 e. The van der Waals surface area contributed by atoms with E-state index in [1.165, 1.54) is 45.4 Å². The highest BCUT2D eigenvalue weighted by atomic mass is 19.4. The van der Waals surface area contributed by atoms with Crippen molar-refractivity contribution >= 4 is 11.9 Å². The lowest BCUT2D eigenvalue weighted by Crippen LogP contribution is -2.40. The number of alkyl halides is 3. The summed E-state index contributed by atoms with van der Waals surface area (Å²) in [5.74, 6) is -3.39. The van der Waals surface area contributed by atoms with Crippen LogP contribution in [0.5, 0.6) is 0 Å². The third-order valence-corrected chi connectivity index (χ3v) is 4.99. The lowest BCUT2D eigenvalue weighted by Gasteiger charge is -2.16. The molecular formula is C23H33F4NO3. The first-order chi connectivity index (χ1) is 14.7. The Kier molecular flexibility index (Phi) is 12.2. The molecule has 1 rings (SSSR count). The van der Waals surface area contributed by atoms with Gasteiger partial charge in [-0.25, -0.2) is 9.18 Å². The molecule has 0 spiro atoms. The maximum atomic E-state index is 13.9. The van der Waals surface area contributed by atoms with Gasteiger partial charge in [0.25, 0.3) is 5.91 Å². The maximum absolute atomic E-state index is 13.9. The summed E-state index contributed by atoms with van der Waals surface area (Å²) in [6, 6.07) is 1.06. The first-order valence-electron chi connectivity index (χ1n) is 11.0. The Morgan fingerprint density at radius 3 is 2.06 bits per heavy atom. The molecule has 1 aromatic rings. The van der Waals surface area contributed by atoms with Gasteiger partial charge in [-0.15, -0.1) is 0 Å². The summed E-state index contributed by atoms with van der Waals surface area (Å²) in [4.78, 5) is 24.1. The van der Waals surface area contributed by atoms with Gasteiger partial charge in [0.15, 0.2) is 0 Å². The van der Waals surface area contributed by atoms with Crippen LogP contribution in [0.3, 0.4) is 0 Å². The molecular weight excluding hydrogens is 414 g/mol. The number of halogens is 4. The van der Waals surface area contributed by atoms with Crippen molar-refractivity contribution in [2.45, 2.75) is 90.3 Å². The third-order valence-electron chi connectivity index (χ3n) is 4.99. The topological polar surface area (TPSA) is 55.4 Å². The van der Waals surface area contributed by atoms with Crippen molar-refractivity contribution in [1.82, 2.24) is 5.32 Å². The summed E-state index contributed by atoms with van der Waals surface area (Å²) in [5, 5.41) is 2.09. The van der Waals surface area contributed by atoms with E-state index in [4.69, 9.17) is 4.74 Å². The zero-order chi connectivity index (χ0) is 23.3. The fourth-order valence-electron chi connectivity index (χ4n) is 3.21. The van der Waals surface area contributed by atoms with Crippen molar-refractivity contribution in [1.29, 1.82) is 0 Å². The number of benzene rings is 1. The van der Waals surface area contributed by atoms with Gasteiger partial charge in [0.05, 0.1) is 17.7 Å². The molecule has 0 radical (unpaired) electrons. The minimum absolute atomic E-state index is 0.170. The maximum Gasteiger partial charge on any atom is 0.417 e. The molecule has 4 nitrogen and oxygen atoms in total. The fourth-order valence-corrected chi connectivity index (χ4v) is 3.21. The van der Waals surface area contributed by atoms with E-state index in [0.717, 1.165) is 31.4 Å². The van der Waals surface area contributed by atoms with Gasteiger partial charge >= 0.3 is 12.1 Å². The second-order valence-electron chi connectivity index (χ2n) is 7.70. The number of ether oxygens (including phenoxy) is 1. The van der Waals surface area contributed by atoms with Gasteiger partial charge in [0.1, 0.15) is 11.9 Å². The highest BCUT2D eigenvalue weighted by Gasteiger charge is 2.37. The molecule has 1 N–H and O–H groups in total. The number of rotatable bonds is 14. The molecule has 1 atom stereocenters.